The van der Waals surface area contributed by atoms with Gasteiger partial charge in [-0.2, -0.15) is 0 Å². The van der Waals surface area contributed by atoms with Crippen molar-refractivity contribution in [2.45, 2.75) is 31.8 Å². The van der Waals surface area contributed by atoms with E-state index in [-0.39, 0.29) is 18.0 Å². The van der Waals surface area contributed by atoms with Gasteiger partial charge in [-0.15, -0.1) is 0 Å². The van der Waals surface area contributed by atoms with Gasteiger partial charge in [0.2, 0.25) is 5.91 Å². The van der Waals surface area contributed by atoms with Gasteiger partial charge in [0, 0.05) is 12.4 Å². The molecule has 0 radical (unpaired) electrons. The van der Waals surface area contributed by atoms with Gasteiger partial charge >= 0.3 is 0 Å². The third kappa shape index (κ3) is 3.34. The van der Waals surface area contributed by atoms with E-state index in [4.69, 9.17) is 0 Å². The van der Waals surface area contributed by atoms with Gasteiger partial charge in [-0.3, -0.25) is 9.78 Å². The second kappa shape index (κ2) is 6.71. The highest BCUT2D eigenvalue weighted by Gasteiger charge is 2.23. The molecule has 1 amide bonds. The van der Waals surface area contributed by atoms with E-state index in [1.165, 1.54) is 0 Å². The van der Waals surface area contributed by atoms with Crippen LogP contribution in [0, 0.1) is 0 Å². The molecule has 4 heteroatoms. The van der Waals surface area contributed by atoms with Crippen molar-refractivity contribution < 1.29 is 4.79 Å². The van der Waals surface area contributed by atoms with Crippen molar-refractivity contribution in [3.63, 3.8) is 0 Å². The Morgan fingerprint density at radius 1 is 1.32 bits per heavy atom. The van der Waals surface area contributed by atoms with Crippen molar-refractivity contribution in [1.29, 1.82) is 0 Å². The second-order valence-electron chi connectivity index (χ2n) is 5.75. The van der Waals surface area contributed by atoms with E-state index < -0.39 is 0 Å². The van der Waals surface area contributed by atoms with Gasteiger partial charge in [-0.25, -0.2) is 0 Å². The predicted molar refractivity (Wildman–Crippen MR) is 87.3 cm³/mol. The number of hydrogen-bond acceptors (Lipinski definition) is 3. The lowest BCUT2D eigenvalue weighted by atomic mass is 10.0. The highest BCUT2D eigenvalue weighted by atomic mass is 16.2. The quantitative estimate of drug-likeness (QED) is 0.912. The number of pyridine rings is 1. The lowest BCUT2D eigenvalue weighted by molar-refractivity contribution is -0.123. The summed E-state index contributed by atoms with van der Waals surface area (Å²) in [7, 11) is 0. The number of carbonyl (C=O) groups excluding carboxylic acids is 1. The zero-order valence-corrected chi connectivity index (χ0v) is 12.8. The zero-order valence-electron chi connectivity index (χ0n) is 12.8. The van der Waals surface area contributed by atoms with Crippen LogP contribution in [0.3, 0.4) is 0 Å². The Kier molecular flexibility index (Phi) is 4.49. The van der Waals surface area contributed by atoms with E-state index in [2.05, 4.69) is 27.8 Å². The molecule has 1 aromatic carbocycles. The summed E-state index contributed by atoms with van der Waals surface area (Å²) >= 11 is 0. The maximum Gasteiger partial charge on any atom is 0.237 e. The number of carbonyl (C=O) groups is 1. The first kappa shape index (κ1) is 14.7. The van der Waals surface area contributed by atoms with Crippen LogP contribution >= 0.6 is 0 Å². The number of rotatable bonds is 4. The smallest absolute Gasteiger partial charge is 0.237 e. The zero-order chi connectivity index (χ0) is 15.4. The van der Waals surface area contributed by atoms with Gasteiger partial charge in [0.25, 0.3) is 0 Å². The van der Waals surface area contributed by atoms with Crippen molar-refractivity contribution in [2.24, 2.45) is 0 Å². The van der Waals surface area contributed by atoms with Crippen molar-refractivity contribution in [3.8, 4) is 11.1 Å². The lowest BCUT2D eigenvalue weighted by Gasteiger charge is -2.18. The number of nitrogens with zero attached hydrogens (tertiary/aromatic N) is 1. The van der Waals surface area contributed by atoms with Gasteiger partial charge < -0.3 is 10.6 Å². The van der Waals surface area contributed by atoms with E-state index in [1.54, 1.807) is 6.20 Å². The van der Waals surface area contributed by atoms with Crippen LogP contribution < -0.4 is 10.6 Å². The summed E-state index contributed by atoms with van der Waals surface area (Å²) in [4.78, 5) is 16.4. The predicted octanol–water partition coefficient (Wildman–Crippen LogP) is 2.68. The average molecular weight is 295 g/mol. The van der Waals surface area contributed by atoms with Crippen molar-refractivity contribution >= 4 is 5.91 Å². The third-order valence-corrected chi connectivity index (χ3v) is 4.12. The largest absolute Gasteiger partial charge is 0.348 e. The Morgan fingerprint density at radius 2 is 2.18 bits per heavy atom. The lowest BCUT2D eigenvalue weighted by Crippen LogP contribution is -2.41. The van der Waals surface area contributed by atoms with Gasteiger partial charge in [0.05, 0.1) is 12.1 Å². The molecule has 2 atom stereocenters. The third-order valence-electron chi connectivity index (χ3n) is 4.12. The summed E-state index contributed by atoms with van der Waals surface area (Å²) in [6.07, 6.45) is 5.62. The van der Waals surface area contributed by atoms with Gasteiger partial charge in [0.1, 0.15) is 0 Å². The van der Waals surface area contributed by atoms with Crippen LogP contribution in [0.4, 0.5) is 0 Å². The standard InChI is InChI=1S/C18H21N3O/c1-13(21-18(22)17-8-4-10-20-17)14-5-2-6-15(11-14)16-7-3-9-19-12-16/h2-3,5-7,9,11-13,17,20H,4,8,10H2,1H3,(H,21,22)/t13-,17+/m0/s1. The van der Waals surface area contributed by atoms with Crippen LogP contribution in [0.25, 0.3) is 11.1 Å². The molecule has 0 unspecified atom stereocenters. The average Bonchev–Trinajstić information content (AvgIpc) is 3.10. The van der Waals surface area contributed by atoms with E-state index in [0.29, 0.717) is 0 Å². The van der Waals surface area contributed by atoms with E-state index >= 15 is 0 Å². The first-order chi connectivity index (χ1) is 10.7. The van der Waals surface area contributed by atoms with E-state index in [9.17, 15) is 4.79 Å². The molecule has 0 saturated carbocycles. The fourth-order valence-corrected chi connectivity index (χ4v) is 2.83. The molecule has 2 N–H and O–H groups in total. The van der Waals surface area contributed by atoms with Crippen molar-refractivity contribution in [1.82, 2.24) is 15.6 Å². The molecule has 1 aromatic heterocycles. The Bertz CT molecular complexity index is 636. The summed E-state index contributed by atoms with van der Waals surface area (Å²) < 4.78 is 0. The molecular formula is C18H21N3O. The van der Waals surface area contributed by atoms with Crippen molar-refractivity contribution in [3.05, 3.63) is 54.4 Å². The SMILES string of the molecule is C[C@H](NC(=O)[C@H]1CCCN1)c1cccc(-c2cccnc2)c1. The molecule has 2 heterocycles. The molecule has 2 aromatic rings. The summed E-state index contributed by atoms with van der Waals surface area (Å²) in [5.41, 5.74) is 3.30. The number of benzene rings is 1. The maximum absolute atomic E-state index is 12.2. The minimum Gasteiger partial charge on any atom is -0.348 e. The number of hydrogen-bond donors (Lipinski definition) is 2. The molecule has 1 saturated heterocycles. The molecule has 22 heavy (non-hydrogen) atoms. The van der Waals surface area contributed by atoms with Crippen LogP contribution in [-0.2, 0) is 4.79 Å². The van der Waals surface area contributed by atoms with Gasteiger partial charge in [0.15, 0.2) is 0 Å². The van der Waals surface area contributed by atoms with E-state index in [1.807, 2.05) is 37.4 Å². The maximum atomic E-state index is 12.2. The summed E-state index contributed by atoms with van der Waals surface area (Å²) in [6, 6.07) is 12.2. The molecule has 114 valence electrons. The molecule has 1 fully saturated rings. The Hall–Kier alpha value is -2.20. The highest BCUT2D eigenvalue weighted by molar-refractivity contribution is 5.82. The van der Waals surface area contributed by atoms with Crippen LogP contribution in [0.5, 0.6) is 0 Å². The summed E-state index contributed by atoms with van der Waals surface area (Å²) in [5, 5.41) is 6.33. The normalized spacial score (nSPS) is 18.9. The highest BCUT2D eigenvalue weighted by Crippen LogP contribution is 2.22. The Balaban J connectivity index is 1.72. The molecule has 0 spiro atoms. The molecule has 0 bridgehead atoms. The topological polar surface area (TPSA) is 54.0 Å². The fourth-order valence-electron chi connectivity index (χ4n) is 2.83. The van der Waals surface area contributed by atoms with Gasteiger partial charge in [-0.05, 0) is 55.1 Å². The minimum atomic E-state index is -0.0380. The molecule has 4 nitrogen and oxygen atoms in total. The molecule has 1 aliphatic rings. The first-order valence-corrected chi connectivity index (χ1v) is 7.78. The minimum absolute atomic E-state index is 0.00785. The molecule has 3 rings (SSSR count). The first-order valence-electron chi connectivity index (χ1n) is 7.78. The summed E-state index contributed by atoms with van der Waals surface area (Å²) in [6.45, 7) is 2.96. The molecule has 0 aliphatic carbocycles. The Morgan fingerprint density at radius 3 is 2.91 bits per heavy atom. The summed E-state index contributed by atoms with van der Waals surface area (Å²) in [5.74, 6) is 0.0942. The number of amides is 1. The van der Waals surface area contributed by atoms with Crippen LogP contribution in [0.15, 0.2) is 48.8 Å². The molecular weight excluding hydrogens is 274 g/mol. The van der Waals surface area contributed by atoms with Crippen LogP contribution in [0.2, 0.25) is 0 Å². The van der Waals surface area contributed by atoms with Gasteiger partial charge in [-0.1, -0.05) is 24.3 Å². The Labute approximate surface area is 131 Å². The fraction of sp³-hybridized carbons (Fsp3) is 0.333. The number of aromatic nitrogens is 1. The number of nitrogens with one attached hydrogen (secondary N) is 2. The van der Waals surface area contributed by atoms with E-state index in [0.717, 1.165) is 36.1 Å². The van der Waals surface area contributed by atoms with Crippen LogP contribution in [0.1, 0.15) is 31.4 Å². The van der Waals surface area contributed by atoms with Crippen LogP contribution in [-0.4, -0.2) is 23.5 Å². The monoisotopic (exact) mass is 295 g/mol. The second-order valence-corrected chi connectivity index (χ2v) is 5.75. The van der Waals surface area contributed by atoms with Crippen molar-refractivity contribution in [2.75, 3.05) is 6.54 Å². The molecule has 1 aliphatic heterocycles.